The molecule has 5 nitrogen and oxygen atoms in total. The number of carbonyl (C=O) groups excluding carboxylic acids is 1. The molecule has 0 bridgehead atoms. The van der Waals surface area contributed by atoms with Crippen molar-refractivity contribution in [1.29, 1.82) is 0 Å². The van der Waals surface area contributed by atoms with Gasteiger partial charge in [-0.15, -0.1) is 0 Å². The van der Waals surface area contributed by atoms with E-state index in [0.29, 0.717) is 13.0 Å². The molecule has 2 aromatic carbocycles. The zero-order valence-corrected chi connectivity index (χ0v) is 15.0. The number of ether oxygens (including phenoxy) is 1. The maximum atomic E-state index is 10.6. The summed E-state index contributed by atoms with van der Waals surface area (Å²) in [6.07, 6.45) is 6.84. The van der Waals surface area contributed by atoms with Crippen molar-refractivity contribution in [1.82, 2.24) is 0 Å². The number of rotatable bonds is 10. The Kier molecular flexibility index (Phi) is 7.83. The van der Waals surface area contributed by atoms with Crippen molar-refractivity contribution in [3.05, 3.63) is 69.8 Å². The average molecular weight is 374 g/mol. The molecular weight excluding hydrogens is 354 g/mol. The third-order valence-corrected chi connectivity index (χ3v) is 3.93. The Bertz CT molecular complexity index is 754. The summed E-state index contributed by atoms with van der Waals surface area (Å²) in [7, 11) is 0. The Morgan fingerprint density at radius 2 is 1.54 bits per heavy atom. The van der Waals surface area contributed by atoms with Gasteiger partial charge in [0, 0.05) is 18.6 Å². The average Bonchev–Trinajstić information content (AvgIpc) is 2.64. The minimum Gasteiger partial charge on any atom is -0.494 e. The van der Waals surface area contributed by atoms with Crippen molar-refractivity contribution < 1.29 is 14.5 Å². The fourth-order valence-electron chi connectivity index (χ4n) is 2.31. The third-order valence-electron chi connectivity index (χ3n) is 3.74. The topological polar surface area (TPSA) is 69.4 Å². The van der Waals surface area contributed by atoms with Gasteiger partial charge in [-0.05, 0) is 66.3 Å². The maximum absolute atomic E-state index is 10.6. The molecule has 0 aliphatic carbocycles. The van der Waals surface area contributed by atoms with E-state index in [1.54, 1.807) is 12.1 Å². The summed E-state index contributed by atoms with van der Waals surface area (Å²) in [5, 5.41) is 10.3. The van der Waals surface area contributed by atoms with Gasteiger partial charge in [0.25, 0.3) is 5.69 Å². The molecule has 6 heteroatoms. The normalized spacial score (nSPS) is 10.8. The summed E-state index contributed by atoms with van der Waals surface area (Å²) in [5.74, 6) is 0.797. The van der Waals surface area contributed by atoms with Gasteiger partial charge in [-0.3, -0.25) is 14.9 Å². The number of hydrogen-bond donors (Lipinski definition) is 0. The SMILES string of the molecule is O=C(Cl)CCCCCOc1ccc(/C=C/c2ccc([N+](=O)[O-])cc2)cc1. The Morgan fingerprint density at radius 3 is 2.08 bits per heavy atom. The van der Waals surface area contributed by atoms with Crippen LogP contribution in [0.25, 0.3) is 12.2 Å². The molecule has 0 aromatic heterocycles. The highest BCUT2D eigenvalue weighted by atomic mass is 35.5. The number of carbonyl (C=O) groups is 1. The van der Waals surface area contributed by atoms with Crippen molar-refractivity contribution >= 4 is 34.7 Å². The number of benzene rings is 2. The highest BCUT2D eigenvalue weighted by Crippen LogP contribution is 2.17. The molecule has 0 radical (unpaired) electrons. The van der Waals surface area contributed by atoms with Gasteiger partial charge >= 0.3 is 0 Å². The number of unbranched alkanes of at least 4 members (excludes halogenated alkanes) is 2. The Labute approximate surface area is 157 Å². The summed E-state index contributed by atoms with van der Waals surface area (Å²) in [6.45, 7) is 0.606. The molecule has 2 rings (SSSR count). The minimum absolute atomic E-state index is 0.0814. The Balaban J connectivity index is 1.77. The predicted molar refractivity (Wildman–Crippen MR) is 103 cm³/mol. The van der Waals surface area contributed by atoms with Crippen LogP contribution >= 0.6 is 11.6 Å². The van der Waals surface area contributed by atoms with E-state index in [0.717, 1.165) is 36.1 Å². The molecule has 0 N–H and O–H groups in total. The number of non-ortho nitro benzene ring substituents is 1. The largest absolute Gasteiger partial charge is 0.494 e. The van der Waals surface area contributed by atoms with Gasteiger partial charge in [-0.2, -0.15) is 0 Å². The first-order valence-corrected chi connectivity index (χ1v) is 8.76. The second-order valence-corrected chi connectivity index (χ2v) is 6.19. The summed E-state index contributed by atoms with van der Waals surface area (Å²) in [4.78, 5) is 20.8. The first kappa shape index (κ1) is 19.7. The van der Waals surface area contributed by atoms with Crippen molar-refractivity contribution in [3.8, 4) is 5.75 Å². The van der Waals surface area contributed by atoms with Gasteiger partial charge in [0.15, 0.2) is 0 Å². The zero-order valence-electron chi connectivity index (χ0n) is 14.3. The predicted octanol–water partition coefficient (Wildman–Crippen LogP) is 5.47. The second kappa shape index (κ2) is 10.4. The van der Waals surface area contributed by atoms with Gasteiger partial charge in [0.05, 0.1) is 11.5 Å². The monoisotopic (exact) mass is 373 g/mol. The summed E-state index contributed by atoms with van der Waals surface area (Å²) in [5.41, 5.74) is 1.99. The van der Waals surface area contributed by atoms with Gasteiger partial charge in [0.1, 0.15) is 5.75 Å². The lowest BCUT2D eigenvalue weighted by Gasteiger charge is -2.06. The fourth-order valence-corrected chi connectivity index (χ4v) is 2.44. The number of halogens is 1. The first-order valence-electron chi connectivity index (χ1n) is 8.38. The molecule has 0 saturated carbocycles. The van der Waals surface area contributed by atoms with Crippen LogP contribution < -0.4 is 4.74 Å². The van der Waals surface area contributed by atoms with Crippen molar-refractivity contribution in [2.75, 3.05) is 6.61 Å². The Morgan fingerprint density at radius 1 is 0.962 bits per heavy atom. The molecule has 0 aliphatic rings. The van der Waals surface area contributed by atoms with Crippen LogP contribution in [0.5, 0.6) is 5.75 Å². The molecule has 0 aliphatic heterocycles. The van der Waals surface area contributed by atoms with Crippen LogP contribution in [0.4, 0.5) is 5.69 Å². The minimum atomic E-state index is -0.413. The standard InChI is InChI=1S/C20H20ClNO4/c21-20(23)4-2-1-3-15-26-19-13-9-17(10-14-19)6-5-16-7-11-18(12-8-16)22(24)25/h5-14H,1-4,15H2/b6-5+. The molecule has 0 atom stereocenters. The summed E-state index contributed by atoms with van der Waals surface area (Å²) < 4.78 is 5.66. The van der Waals surface area contributed by atoms with E-state index >= 15 is 0 Å². The quantitative estimate of drug-likeness (QED) is 0.182. The van der Waals surface area contributed by atoms with Crippen LogP contribution in [0.2, 0.25) is 0 Å². The van der Waals surface area contributed by atoms with Crippen LogP contribution in [0.1, 0.15) is 36.8 Å². The molecule has 0 unspecified atom stereocenters. The van der Waals surface area contributed by atoms with Crippen LogP contribution in [0.3, 0.4) is 0 Å². The third kappa shape index (κ3) is 7.07. The number of hydrogen-bond acceptors (Lipinski definition) is 4. The number of nitro benzene ring substituents is 1. The van der Waals surface area contributed by atoms with E-state index in [9.17, 15) is 14.9 Å². The first-order chi connectivity index (χ1) is 12.5. The fraction of sp³-hybridized carbons (Fsp3) is 0.250. The van der Waals surface area contributed by atoms with E-state index in [1.165, 1.54) is 12.1 Å². The van der Waals surface area contributed by atoms with Crippen LogP contribution in [0, 0.1) is 10.1 Å². The van der Waals surface area contributed by atoms with Gasteiger partial charge in [0.2, 0.25) is 5.24 Å². The lowest BCUT2D eigenvalue weighted by atomic mass is 10.1. The number of nitrogens with zero attached hydrogens (tertiary/aromatic N) is 1. The van der Waals surface area contributed by atoms with E-state index in [2.05, 4.69) is 0 Å². The van der Waals surface area contributed by atoms with Crippen molar-refractivity contribution in [3.63, 3.8) is 0 Å². The molecule has 0 amide bonds. The van der Waals surface area contributed by atoms with E-state index < -0.39 is 4.92 Å². The van der Waals surface area contributed by atoms with Crippen molar-refractivity contribution in [2.45, 2.75) is 25.7 Å². The zero-order chi connectivity index (χ0) is 18.8. The molecular formula is C20H20ClNO4. The highest BCUT2D eigenvalue weighted by Gasteiger charge is 2.02. The van der Waals surface area contributed by atoms with Crippen LogP contribution in [-0.4, -0.2) is 16.8 Å². The lowest BCUT2D eigenvalue weighted by molar-refractivity contribution is -0.384. The Hall–Kier alpha value is -2.66. The molecule has 26 heavy (non-hydrogen) atoms. The van der Waals surface area contributed by atoms with Gasteiger partial charge < -0.3 is 4.74 Å². The number of nitro groups is 1. The van der Waals surface area contributed by atoms with Crippen LogP contribution in [0.15, 0.2) is 48.5 Å². The lowest BCUT2D eigenvalue weighted by Crippen LogP contribution is -1.97. The molecule has 0 spiro atoms. The van der Waals surface area contributed by atoms with E-state index in [-0.39, 0.29) is 10.9 Å². The summed E-state index contributed by atoms with van der Waals surface area (Å²) in [6, 6.07) is 14.1. The van der Waals surface area contributed by atoms with Crippen molar-refractivity contribution in [2.24, 2.45) is 0 Å². The molecule has 0 fully saturated rings. The summed E-state index contributed by atoms with van der Waals surface area (Å²) >= 11 is 5.28. The molecule has 2 aromatic rings. The van der Waals surface area contributed by atoms with Gasteiger partial charge in [-0.25, -0.2) is 0 Å². The van der Waals surface area contributed by atoms with Gasteiger partial charge in [-0.1, -0.05) is 24.3 Å². The van der Waals surface area contributed by atoms with E-state index in [4.69, 9.17) is 16.3 Å². The smallest absolute Gasteiger partial charge is 0.269 e. The van der Waals surface area contributed by atoms with E-state index in [1.807, 2.05) is 36.4 Å². The molecule has 136 valence electrons. The second-order valence-electron chi connectivity index (χ2n) is 5.77. The molecule has 0 heterocycles. The van der Waals surface area contributed by atoms with Crippen LogP contribution in [-0.2, 0) is 4.79 Å². The highest BCUT2D eigenvalue weighted by molar-refractivity contribution is 6.63. The molecule has 0 saturated heterocycles. The maximum Gasteiger partial charge on any atom is 0.269 e.